The lowest BCUT2D eigenvalue weighted by molar-refractivity contribution is -0.133. The van der Waals surface area contributed by atoms with E-state index in [4.69, 9.17) is 14.0 Å². The van der Waals surface area contributed by atoms with Crippen molar-refractivity contribution in [1.29, 1.82) is 0 Å². The number of ether oxygens (including phenoxy) is 2. The third kappa shape index (κ3) is 6.44. The lowest BCUT2D eigenvalue weighted by Crippen LogP contribution is -2.51. The maximum atomic E-state index is 12.5. The lowest BCUT2D eigenvalue weighted by atomic mass is 10.2. The van der Waals surface area contributed by atoms with E-state index in [9.17, 15) is 9.59 Å². The Bertz CT molecular complexity index is 880. The molecule has 0 saturated carbocycles. The lowest BCUT2D eigenvalue weighted by Gasteiger charge is -2.35. The molecule has 2 aromatic rings. The molecule has 1 aliphatic heterocycles. The molecule has 9 nitrogen and oxygen atoms in total. The van der Waals surface area contributed by atoms with Crippen molar-refractivity contribution >= 4 is 12.0 Å². The Kier molecular flexibility index (Phi) is 7.14. The molecule has 0 N–H and O–H groups in total. The van der Waals surface area contributed by atoms with Crippen LogP contribution in [0.15, 0.2) is 28.8 Å². The zero-order chi connectivity index (χ0) is 22.4. The van der Waals surface area contributed by atoms with Crippen molar-refractivity contribution in [3.8, 4) is 17.1 Å². The van der Waals surface area contributed by atoms with E-state index < -0.39 is 5.60 Å². The van der Waals surface area contributed by atoms with Gasteiger partial charge in [-0.15, -0.1) is 0 Å². The number of piperazine rings is 1. The van der Waals surface area contributed by atoms with Crippen LogP contribution in [0.5, 0.6) is 5.75 Å². The maximum Gasteiger partial charge on any atom is 0.410 e. The van der Waals surface area contributed by atoms with E-state index in [1.54, 1.807) is 16.9 Å². The molecule has 9 heteroatoms. The molecule has 168 valence electrons. The number of nitrogens with zero attached hydrogens (tertiary/aromatic N) is 4. The minimum Gasteiger partial charge on any atom is -0.497 e. The number of rotatable bonds is 6. The van der Waals surface area contributed by atoms with Crippen molar-refractivity contribution in [2.75, 3.05) is 33.3 Å². The van der Waals surface area contributed by atoms with Gasteiger partial charge in [0.25, 0.3) is 0 Å². The van der Waals surface area contributed by atoms with E-state index in [-0.39, 0.29) is 12.0 Å². The monoisotopic (exact) mass is 430 g/mol. The van der Waals surface area contributed by atoms with E-state index in [1.165, 1.54) is 0 Å². The van der Waals surface area contributed by atoms with Crippen molar-refractivity contribution in [2.24, 2.45) is 0 Å². The van der Waals surface area contributed by atoms with E-state index >= 15 is 0 Å². The number of methoxy groups -OCH3 is 1. The smallest absolute Gasteiger partial charge is 0.410 e. The van der Waals surface area contributed by atoms with E-state index in [0.717, 1.165) is 11.3 Å². The molecule has 0 aliphatic carbocycles. The third-order valence-electron chi connectivity index (χ3n) is 4.88. The number of carbonyl (C=O) groups excluding carboxylic acids is 2. The van der Waals surface area contributed by atoms with Gasteiger partial charge in [0.05, 0.1) is 7.11 Å². The van der Waals surface area contributed by atoms with Crippen LogP contribution < -0.4 is 4.74 Å². The van der Waals surface area contributed by atoms with Crippen LogP contribution in [0.3, 0.4) is 0 Å². The van der Waals surface area contributed by atoms with Crippen molar-refractivity contribution < 1.29 is 23.6 Å². The predicted octanol–water partition coefficient (Wildman–Crippen LogP) is 3.15. The van der Waals surface area contributed by atoms with Crippen LogP contribution >= 0.6 is 0 Å². The Hall–Kier alpha value is -3.10. The Morgan fingerprint density at radius 2 is 1.71 bits per heavy atom. The largest absolute Gasteiger partial charge is 0.497 e. The predicted molar refractivity (Wildman–Crippen MR) is 114 cm³/mol. The molecule has 3 rings (SSSR count). The van der Waals surface area contributed by atoms with Gasteiger partial charge in [-0.25, -0.2) is 4.79 Å². The molecule has 1 aliphatic rings. The Labute approximate surface area is 182 Å². The van der Waals surface area contributed by atoms with Crippen LogP contribution in [0.25, 0.3) is 11.4 Å². The van der Waals surface area contributed by atoms with Gasteiger partial charge < -0.3 is 23.8 Å². The van der Waals surface area contributed by atoms with Gasteiger partial charge in [-0.3, -0.25) is 4.79 Å². The second-order valence-corrected chi connectivity index (χ2v) is 8.44. The van der Waals surface area contributed by atoms with Crippen molar-refractivity contribution in [1.82, 2.24) is 19.9 Å². The fourth-order valence-corrected chi connectivity index (χ4v) is 3.23. The summed E-state index contributed by atoms with van der Waals surface area (Å²) in [4.78, 5) is 32.5. The number of hydrogen-bond acceptors (Lipinski definition) is 7. The van der Waals surface area contributed by atoms with Crippen molar-refractivity contribution in [2.45, 2.75) is 45.6 Å². The molecule has 0 bridgehead atoms. The Balaban J connectivity index is 1.41. The van der Waals surface area contributed by atoms with Crippen molar-refractivity contribution in [3.05, 3.63) is 30.2 Å². The van der Waals surface area contributed by atoms with Gasteiger partial charge in [0.2, 0.25) is 17.6 Å². The number of aryl methyl sites for hydroxylation is 1. The first kappa shape index (κ1) is 22.6. The topological polar surface area (TPSA) is 98.0 Å². The summed E-state index contributed by atoms with van der Waals surface area (Å²) >= 11 is 0. The summed E-state index contributed by atoms with van der Waals surface area (Å²) in [5.41, 5.74) is 0.321. The molecule has 1 saturated heterocycles. The summed E-state index contributed by atoms with van der Waals surface area (Å²) in [6.45, 7) is 7.52. The molecule has 0 atom stereocenters. The van der Waals surface area contributed by atoms with Crippen LogP contribution in [-0.4, -0.2) is 70.8 Å². The summed E-state index contributed by atoms with van der Waals surface area (Å²) < 4.78 is 15.8. The first-order chi connectivity index (χ1) is 14.7. The van der Waals surface area contributed by atoms with Crippen LogP contribution in [-0.2, 0) is 16.0 Å². The molecular formula is C22H30N4O5. The third-order valence-corrected chi connectivity index (χ3v) is 4.88. The van der Waals surface area contributed by atoms with Crippen LogP contribution in [0.4, 0.5) is 4.79 Å². The summed E-state index contributed by atoms with van der Waals surface area (Å²) in [5, 5.41) is 4.01. The van der Waals surface area contributed by atoms with E-state index in [0.29, 0.717) is 57.2 Å². The highest BCUT2D eigenvalue weighted by atomic mass is 16.6. The first-order valence-electron chi connectivity index (χ1n) is 10.5. The molecule has 0 unspecified atom stereocenters. The molecule has 0 spiro atoms. The highest BCUT2D eigenvalue weighted by Crippen LogP contribution is 2.20. The van der Waals surface area contributed by atoms with Crippen molar-refractivity contribution in [3.63, 3.8) is 0 Å². The minimum atomic E-state index is -0.522. The molecule has 2 amide bonds. The second-order valence-electron chi connectivity index (χ2n) is 8.44. The summed E-state index contributed by atoms with van der Waals surface area (Å²) in [6, 6.07) is 7.42. The number of carbonyl (C=O) groups is 2. The number of hydrogen-bond donors (Lipinski definition) is 0. The Morgan fingerprint density at radius 1 is 1.06 bits per heavy atom. The maximum absolute atomic E-state index is 12.5. The average molecular weight is 431 g/mol. The van der Waals surface area contributed by atoms with Gasteiger partial charge in [-0.2, -0.15) is 4.98 Å². The molecule has 1 aromatic heterocycles. The van der Waals surface area contributed by atoms with Crippen LogP contribution in [0.2, 0.25) is 0 Å². The molecule has 31 heavy (non-hydrogen) atoms. The summed E-state index contributed by atoms with van der Waals surface area (Å²) in [5.74, 6) is 1.85. The normalized spacial score (nSPS) is 14.5. The SMILES string of the molecule is COc1ccc(-c2noc(CCCC(=O)N3CCN(C(=O)OC(C)(C)C)CC3)n2)cc1. The van der Waals surface area contributed by atoms with Gasteiger partial charge >= 0.3 is 6.09 Å². The summed E-state index contributed by atoms with van der Waals surface area (Å²) in [7, 11) is 1.61. The van der Waals surface area contributed by atoms with Gasteiger partial charge in [0, 0.05) is 44.6 Å². The van der Waals surface area contributed by atoms with Gasteiger partial charge in [0.15, 0.2) is 0 Å². The number of aromatic nitrogens is 2. The Morgan fingerprint density at radius 3 is 2.32 bits per heavy atom. The van der Waals surface area contributed by atoms with Crippen LogP contribution in [0.1, 0.15) is 39.5 Å². The molecule has 2 heterocycles. The molecule has 1 fully saturated rings. The highest BCUT2D eigenvalue weighted by molar-refractivity contribution is 5.76. The zero-order valence-corrected chi connectivity index (χ0v) is 18.6. The fourth-order valence-electron chi connectivity index (χ4n) is 3.23. The number of benzene rings is 1. The minimum absolute atomic E-state index is 0.0683. The number of amides is 2. The molecule has 1 aromatic carbocycles. The standard InChI is InChI=1S/C22H30N4O5/c1-22(2,3)30-21(28)26-14-12-25(13-15-26)19(27)7-5-6-18-23-20(24-31-18)16-8-10-17(29-4)11-9-16/h8-11H,5-7,12-15H2,1-4H3. The van der Waals surface area contributed by atoms with Crippen LogP contribution in [0, 0.1) is 0 Å². The molecular weight excluding hydrogens is 400 g/mol. The fraction of sp³-hybridized carbons (Fsp3) is 0.545. The first-order valence-corrected chi connectivity index (χ1v) is 10.5. The summed E-state index contributed by atoms with van der Waals surface area (Å²) in [6.07, 6.45) is 1.22. The zero-order valence-electron chi connectivity index (χ0n) is 18.6. The van der Waals surface area contributed by atoms with E-state index in [2.05, 4.69) is 10.1 Å². The molecule has 0 radical (unpaired) electrons. The van der Waals surface area contributed by atoms with E-state index in [1.807, 2.05) is 45.0 Å². The second kappa shape index (κ2) is 9.80. The van der Waals surface area contributed by atoms with Gasteiger partial charge in [-0.05, 0) is 51.5 Å². The average Bonchev–Trinajstić information content (AvgIpc) is 3.21. The highest BCUT2D eigenvalue weighted by Gasteiger charge is 2.27. The van der Waals surface area contributed by atoms with Gasteiger partial charge in [-0.1, -0.05) is 5.16 Å². The quantitative estimate of drug-likeness (QED) is 0.694. The van der Waals surface area contributed by atoms with Gasteiger partial charge in [0.1, 0.15) is 11.4 Å².